The first-order valence-electron chi connectivity index (χ1n) is 16.7. The lowest BCUT2D eigenvalue weighted by atomic mass is 9.79. The van der Waals surface area contributed by atoms with Crippen LogP contribution in [-0.4, -0.2) is 50.0 Å². The Balaban J connectivity index is 1.16. The van der Waals surface area contributed by atoms with Crippen LogP contribution in [0.5, 0.6) is 11.5 Å². The lowest BCUT2D eigenvalue weighted by Crippen LogP contribution is -2.35. The summed E-state index contributed by atoms with van der Waals surface area (Å²) in [5, 5.41) is 15.3. The fourth-order valence-electron chi connectivity index (χ4n) is 6.48. The molecule has 0 radical (unpaired) electrons. The maximum Gasteiger partial charge on any atom is 0.252 e. The number of nitrogens with zero attached hydrogens (tertiary/aromatic N) is 1. The third-order valence-corrected chi connectivity index (χ3v) is 9.11. The number of ether oxygens (including phenoxy) is 3. The van der Waals surface area contributed by atoms with Gasteiger partial charge < -0.3 is 24.6 Å². The highest BCUT2D eigenvalue weighted by molar-refractivity contribution is 6.16. The minimum Gasteiger partial charge on any atom is -0.497 e. The van der Waals surface area contributed by atoms with E-state index in [9.17, 15) is 9.90 Å². The van der Waals surface area contributed by atoms with Crippen LogP contribution in [0.2, 0.25) is 0 Å². The van der Waals surface area contributed by atoms with Gasteiger partial charge in [0, 0.05) is 29.8 Å². The number of aromatic nitrogens is 1. The van der Waals surface area contributed by atoms with Crippen molar-refractivity contribution < 1.29 is 24.1 Å². The highest BCUT2D eigenvalue weighted by Crippen LogP contribution is 2.42. The molecule has 0 fully saturated rings. The molecule has 7 heteroatoms. The Morgan fingerprint density at radius 1 is 0.694 bits per heavy atom. The first-order valence-corrected chi connectivity index (χ1v) is 16.7. The van der Waals surface area contributed by atoms with Crippen molar-refractivity contribution in [3.8, 4) is 11.5 Å². The Bertz CT molecular complexity index is 1880. The molecule has 0 aliphatic rings. The molecule has 0 spiro atoms. The van der Waals surface area contributed by atoms with Crippen molar-refractivity contribution in [2.45, 2.75) is 24.9 Å². The van der Waals surface area contributed by atoms with Crippen molar-refractivity contribution in [3.63, 3.8) is 0 Å². The summed E-state index contributed by atoms with van der Waals surface area (Å²) in [6, 6.07) is 41.5. The first kappa shape index (κ1) is 33.7. The molecule has 1 heterocycles. The number of carbonyl (C=O) groups excluding carboxylic acids is 1. The normalized spacial score (nSPS) is 12.1. The second-order valence-corrected chi connectivity index (χ2v) is 12.1. The average molecular weight is 655 g/mol. The summed E-state index contributed by atoms with van der Waals surface area (Å²) >= 11 is 0. The number of carbonyl (C=O) groups is 1. The van der Waals surface area contributed by atoms with Crippen molar-refractivity contribution in [1.29, 1.82) is 0 Å². The van der Waals surface area contributed by atoms with Crippen LogP contribution in [0.1, 0.15) is 46.3 Å². The van der Waals surface area contributed by atoms with E-state index in [2.05, 4.69) is 17.4 Å². The largest absolute Gasteiger partial charge is 0.497 e. The van der Waals surface area contributed by atoms with Gasteiger partial charge in [0.15, 0.2) is 0 Å². The van der Waals surface area contributed by atoms with Gasteiger partial charge in [-0.25, -0.2) is 4.98 Å². The van der Waals surface area contributed by atoms with Crippen molar-refractivity contribution in [2.24, 2.45) is 5.92 Å². The zero-order valence-electron chi connectivity index (χ0n) is 28.0. The van der Waals surface area contributed by atoms with E-state index in [0.29, 0.717) is 18.7 Å². The minimum atomic E-state index is -0.947. The van der Waals surface area contributed by atoms with E-state index in [1.165, 1.54) is 0 Å². The number of pyridine rings is 1. The molecule has 0 aliphatic carbocycles. The van der Waals surface area contributed by atoms with Gasteiger partial charge >= 0.3 is 0 Å². The third kappa shape index (κ3) is 7.28. The molecular formula is C42H42N2O5. The minimum absolute atomic E-state index is 0.0164. The smallest absolute Gasteiger partial charge is 0.252 e. The lowest BCUT2D eigenvalue weighted by molar-refractivity contribution is -0.0205. The van der Waals surface area contributed by atoms with Crippen LogP contribution in [0, 0.1) is 5.92 Å². The maximum atomic E-state index is 13.5. The molecule has 1 aromatic heterocycles. The number of aliphatic hydroxyl groups excluding tert-OH is 1. The van der Waals surface area contributed by atoms with E-state index in [1.807, 2.05) is 115 Å². The van der Waals surface area contributed by atoms with Crippen LogP contribution in [0.15, 0.2) is 127 Å². The first-order chi connectivity index (χ1) is 24.1. The van der Waals surface area contributed by atoms with E-state index in [4.69, 9.17) is 19.2 Å². The lowest BCUT2D eigenvalue weighted by Gasteiger charge is -2.37. The number of amides is 1. The SMILES string of the molecule is COc1ccc(C(OCC(CO)CCCCNC(=O)c2c3ccccc3nc3ccccc23)(c2ccccc2)c2ccc(OC)cc2)cc1. The highest BCUT2D eigenvalue weighted by Gasteiger charge is 2.38. The van der Waals surface area contributed by atoms with Gasteiger partial charge in [-0.1, -0.05) is 97.4 Å². The van der Waals surface area contributed by atoms with E-state index in [1.54, 1.807) is 14.2 Å². The van der Waals surface area contributed by atoms with Gasteiger partial charge in [0.05, 0.1) is 37.4 Å². The van der Waals surface area contributed by atoms with E-state index in [-0.39, 0.29) is 18.4 Å². The Morgan fingerprint density at radius 2 is 1.20 bits per heavy atom. The summed E-state index contributed by atoms with van der Waals surface area (Å²) in [6.07, 6.45) is 2.32. The van der Waals surface area contributed by atoms with Crippen LogP contribution in [0.4, 0.5) is 0 Å². The number of methoxy groups -OCH3 is 2. The summed E-state index contributed by atoms with van der Waals surface area (Å²) < 4.78 is 17.9. The molecule has 0 bridgehead atoms. The van der Waals surface area contributed by atoms with Gasteiger partial charge in [-0.05, 0) is 65.9 Å². The second-order valence-electron chi connectivity index (χ2n) is 12.1. The highest BCUT2D eigenvalue weighted by atomic mass is 16.5. The molecule has 1 unspecified atom stereocenters. The predicted molar refractivity (Wildman–Crippen MR) is 194 cm³/mol. The summed E-state index contributed by atoms with van der Waals surface area (Å²) in [5.41, 5.74) is 4.16. The van der Waals surface area contributed by atoms with E-state index < -0.39 is 5.60 Å². The Labute approximate surface area is 287 Å². The summed E-state index contributed by atoms with van der Waals surface area (Å²) in [4.78, 5) is 18.2. The molecule has 1 amide bonds. The number of unbranched alkanes of at least 4 members (excludes halogenated alkanes) is 1. The van der Waals surface area contributed by atoms with Crippen LogP contribution < -0.4 is 14.8 Å². The molecule has 0 saturated carbocycles. The number of rotatable bonds is 15. The van der Waals surface area contributed by atoms with Crippen molar-refractivity contribution in [3.05, 3.63) is 150 Å². The topological polar surface area (TPSA) is 89.9 Å². The van der Waals surface area contributed by atoms with Crippen LogP contribution in [-0.2, 0) is 10.3 Å². The maximum absolute atomic E-state index is 13.5. The number of hydrogen-bond donors (Lipinski definition) is 2. The van der Waals surface area contributed by atoms with E-state index in [0.717, 1.165) is 69.3 Å². The second kappa shape index (κ2) is 15.8. The summed E-state index contributed by atoms with van der Waals surface area (Å²) in [5.74, 6) is 1.30. The number of para-hydroxylation sites is 2. The number of fused-ring (bicyclic) bond motifs is 2. The van der Waals surface area contributed by atoms with Crippen molar-refractivity contribution in [1.82, 2.24) is 10.3 Å². The zero-order valence-corrected chi connectivity index (χ0v) is 28.0. The van der Waals surface area contributed by atoms with Gasteiger partial charge in [-0.2, -0.15) is 0 Å². The summed E-state index contributed by atoms with van der Waals surface area (Å²) in [7, 11) is 3.31. The van der Waals surface area contributed by atoms with Crippen LogP contribution in [0.3, 0.4) is 0 Å². The molecular weight excluding hydrogens is 612 g/mol. The molecule has 7 nitrogen and oxygen atoms in total. The van der Waals surface area contributed by atoms with Gasteiger partial charge in [0.1, 0.15) is 17.1 Å². The number of nitrogens with one attached hydrogen (secondary N) is 1. The molecule has 0 aliphatic heterocycles. The molecule has 6 aromatic rings. The van der Waals surface area contributed by atoms with Gasteiger partial charge in [-0.3, -0.25) is 4.79 Å². The van der Waals surface area contributed by atoms with E-state index >= 15 is 0 Å². The Kier molecular flexibility index (Phi) is 10.8. The Hall–Kier alpha value is -5.24. The van der Waals surface area contributed by atoms with Crippen molar-refractivity contribution in [2.75, 3.05) is 34.0 Å². The summed E-state index contributed by atoms with van der Waals surface area (Å²) in [6.45, 7) is 0.830. The molecule has 5 aromatic carbocycles. The quantitative estimate of drug-likeness (QED) is 0.0665. The standard InChI is InChI=1S/C42H42N2O5/c1-47-34-23-19-32(20-24-34)42(31-13-4-3-5-14-31,33-21-25-35(48-2)26-22-33)49-29-30(28-45)12-10-11-27-43-41(46)40-36-15-6-8-17-38(36)44-39-18-9-7-16-37(39)40/h3-9,13-26,30,45H,10-12,27-29H2,1-2H3,(H,43,46). The number of benzene rings is 5. The van der Waals surface area contributed by atoms with Gasteiger partial charge in [0.25, 0.3) is 5.91 Å². The average Bonchev–Trinajstić information content (AvgIpc) is 3.16. The number of hydrogen-bond acceptors (Lipinski definition) is 6. The monoisotopic (exact) mass is 654 g/mol. The fraction of sp³-hybridized carbons (Fsp3) is 0.238. The van der Waals surface area contributed by atoms with Crippen molar-refractivity contribution >= 4 is 27.7 Å². The third-order valence-electron chi connectivity index (χ3n) is 9.11. The van der Waals surface area contributed by atoms with Gasteiger partial charge in [0.2, 0.25) is 0 Å². The van der Waals surface area contributed by atoms with Crippen LogP contribution >= 0.6 is 0 Å². The molecule has 250 valence electrons. The molecule has 2 N–H and O–H groups in total. The fourth-order valence-corrected chi connectivity index (χ4v) is 6.48. The predicted octanol–water partition coefficient (Wildman–Crippen LogP) is 7.92. The Morgan fingerprint density at radius 3 is 1.73 bits per heavy atom. The van der Waals surface area contributed by atoms with Crippen LogP contribution in [0.25, 0.3) is 21.8 Å². The molecule has 0 saturated heterocycles. The number of aliphatic hydroxyl groups is 1. The van der Waals surface area contributed by atoms with Gasteiger partial charge in [-0.15, -0.1) is 0 Å². The molecule has 1 atom stereocenters. The molecule has 6 rings (SSSR count). The zero-order chi connectivity index (χ0) is 34.1. The molecule has 49 heavy (non-hydrogen) atoms.